The molecule has 2 atom stereocenters. The molecule has 0 N–H and O–H groups in total. The number of nitrogens with zero attached hydrogens (tertiary/aromatic N) is 3. The third-order valence-electron chi connectivity index (χ3n) is 4.88. The van der Waals surface area contributed by atoms with Crippen LogP contribution in [0.25, 0.3) is 11.4 Å². The van der Waals surface area contributed by atoms with Crippen LogP contribution in [-0.2, 0) is 4.79 Å². The summed E-state index contributed by atoms with van der Waals surface area (Å²) < 4.78 is 19.0. The summed E-state index contributed by atoms with van der Waals surface area (Å²) in [6.45, 7) is 2.51. The van der Waals surface area contributed by atoms with Crippen LogP contribution < -0.4 is 0 Å². The fraction of sp³-hybridized carbons (Fsp3) is 0.250. The van der Waals surface area contributed by atoms with Gasteiger partial charge in [0.2, 0.25) is 17.6 Å². The molecule has 0 spiro atoms. The first-order valence-corrected chi connectivity index (χ1v) is 9.04. The highest BCUT2D eigenvalue weighted by Gasteiger charge is 2.37. The van der Waals surface area contributed by atoms with Crippen molar-refractivity contribution in [3.63, 3.8) is 0 Å². The highest BCUT2D eigenvalue weighted by atomic mass is 35.5. The molecule has 3 aromatic rings. The third kappa shape index (κ3) is 3.45. The Morgan fingerprint density at radius 2 is 2.04 bits per heavy atom. The van der Waals surface area contributed by atoms with E-state index in [9.17, 15) is 9.18 Å². The molecule has 7 heteroatoms. The number of hydrogen-bond acceptors (Lipinski definition) is 4. The molecule has 1 fully saturated rings. The van der Waals surface area contributed by atoms with Gasteiger partial charge in [-0.15, -0.1) is 0 Å². The lowest BCUT2D eigenvalue weighted by molar-refractivity contribution is -0.129. The summed E-state index contributed by atoms with van der Waals surface area (Å²) in [5, 5.41) is 3.97. The van der Waals surface area contributed by atoms with Crippen LogP contribution in [0.4, 0.5) is 4.39 Å². The number of amides is 1. The van der Waals surface area contributed by atoms with Crippen molar-refractivity contribution in [1.29, 1.82) is 0 Å². The molecule has 0 bridgehead atoms. The molecule has 1 aliphatic heterocycles. The molecule has 5 nitrogen and oxygen atoms in total. The van der Waals surface area contributed by atoms with E-state index in [0.717, 1.165) is 5.56 Å². The van der Waals surface area contributed by atoms with Gasteiger partial charge in [0.25, 0.3) is 0 Å². The lowest BCUT2D eigenvalue weighted by atomic mass is 10.1. The Labute approximate surface area is 160 Å². The third-order valence-corrected chi connectivity index (χ3v) is 5.18. The molecular formula is C20H17ClFN3O2. The van der Waals surface area contributed by atoms with Gasteiger partial charge in [-0.2, -0.15) is 4.98 Å². The van der Waals surface area contributed by atoms with Gasteiger partial charge in [-0.05, 0) is 30.7 Å². The summed E-state index contributed by atoms with van der Waals surface area (Å²) in [5.74, 6) is -0.00540. The zero-order valence-electron chi connectivity index (χ0n) is 14.6. The second-order valence-electron chi connectivity index (χ2n) is 6.62. The van der Waals surface area contributed by atoms with Crippen molar-refractivity contribution in [3.8, 4) is 11.4 Å². The smallest absolute Gasteiger partial charge is 0.232 e. The molecular weight excluding hydrogens is 369 g/mol. The molecule has 0 aliphatic carbocycles. The van der Waals surface area contributed by atoms with Gasteiger partial charge in [-0.25, -0.2) is 4.39 Å². The van der Waals surface area contributed by atoms with Gasteiger partial charge < -0.3 is 9.42 Å². The van der Waals surface area contributed by atoms with E-state index in [1.165, 1.54) is 12.1 Å². The molecule has 1 saturated heterocycles. The zero-order valence-corrected chi connectivity index (χ0v) is 15.4. The Kier molecular flexibility index (Phi) is 4.66. The highest BCUT2D eigenvalue weighted by Crippen LogP contribution is 2.34. The lowest BCUT2D eigenvalue weighted by Crippen LogP contribution is -2.28. The van der Waals surface area contributed by atoms with E-state index in [0.29, 0.717) is 24.4 Å². The SMILES string of the molecule is CC(c1ccccc1)N1CC(c2nc(-c3ccc(Cl)c(F)c3)no2)CC1=O. The van der Waals surface area contributed by atoms with Crippen LogP contribution in [-0.4, -0.2) is 27.5 Å². The first kappa shape index (κ1) is 17.7. The van der Waals surface area contributed by atoms with E-state index in [1.807, 2.05) is 42.2 Å². The van der Waals surface area contributed by atoms with E-state index in [2.05, 4.69) is 10.1 Å². The maximum atomic E-state index is 13.7. The minimum absolute atomic E-state index is 0.0311. The van der Waals surface area contributed by atoms with Gasteiger partial charge >= 0.3 is 0 Å². The van der Waals surface area contributed by atoms with E-state index in [-0.39, 0.29) is 28.7 Å². The van der Waals surface area contributed by atoms with Gasteiger partial charge in [-0.3, -0.25) is 4.79 Å². The standard InChI is InChI=1S/C20H17ClFN3O2/c1-12(13-5-3-2-4-6-13)25-11-15(10-18(25)26)20-23-19(24-27-20)14-7-8-16(21)17(22)9-14/h2-9,12,15H,10-11H2,1H3. The second-order valence-corrected chi connectivity index (χ2v) is 7.03. The van der Waals surface area contributed by atoms with E-state index >= 15 is 0 Å². The number of rotatable bonds is 4. The first-order chi connectivity index (χ1) is 13.0. The lowest BCUT2D eigenvalue weighted by Gasteiger charge is -2.24. The molecule has 1 aromatic heterocycles. The summed E-state index contributed by atoms with van der Waals surface area (Å²) in [7, 11) is 0. The number of aromatic nitrogens is 2. The van der Waals surface area contributed by atoms with Crippen LogP contribution >= 0.6 is 11.6 Å². The largest absolute Gasteiger partial charge is 0.339 e. The Balaban J connectivity index is 1.53. The maximum Gasteiger partial charge on any atom is 0.232 e. The normalized spacial score (nSPS) is 18.1. The molecule has 0 radical (unpaired) electrons. The van der Waals surface area contributed by atoms with Crippen LogP contribution in [0.5, 0.6) is 0 Å². The maximum absolute atomic E-state index is 13.7. The van der Waals surface area contributed by atoms with Gasteiger partial charge in [0, 0.05) is 18.5 Å². The summed E-state index contributed by atoms with van der Waals surface area (Å²) >= 11 is 5.71. The second kappa shape index (κ2) is 7.12. The average Bonchev–Trinajstić information content (AvgIpc) is 3.31. The molecule has 27 heavy (non-hydrogen) atoms. The fourth-order valence-electron chi connectivity index (χ4n) is 3.34. The Hall–Kier alpha value is -2.73. The molecule has 4 rings (SSSR count). The Bertz CT molecular complexity index is 976. The molecule has 138 valence electrons. The number of carbonyl (C=O) groups excluding carboxylic acids is 1. The van der Waals surface area contributed by atoms with E-state index in [1.54, 1.807) is 6.07 Å². The van der Waals surface area contributed by atoms with Crippen LogP contribution in [0.2, 0.25) is 5.02 Å². The van der Waals surface area contributed by atoms with Gasteiger partial charge in [0.15, 0.2) is 0 Å². The highest BCUT2D eigenvalue weighted by molar-refractivity contribution is 6.30. The van der Waals surface area contributed by atoms with E-state index in [4.69, 9.17) is 16.1 Å². The zero-order chi connectivity index (χ0) is 19.0. The minimum atomic E-state index is -0.542. The molecule has 2 heterocycles. The van der Waals surface area contributed by atoms with Crippen molar-refractivity contribution in [2.45, 2.75) is 25.3 Å². The molecule has 1 aliphatic rings. The predicted molar refractivity (Wildman–Crippen MR) is 98.6 cm³/mol. The fourth-order valence-corrected chi connectivity index (χ4v) is 3.45. The number of carbonyl (C=O) groups is 1. The number of hydrogen-bond donors (Lipinski definition) is 0. The quantitative estimate of drug-likeness (QED) is 0.658. The van der Waals surface area contributed by atoms with Gasteiger partial charge in [0.1, 0.15) is 5.82 Å². The van der Waals surface area contributed by atoms with Crippen LogP contribution in [0, 0.1) is 5.82 Å². The molecule has 2 unspecified atom stereocenters. The average molecular weight is 386 g/mol. The van der Waals surface area contributed by atoms with Gasteiger partial charge in [-0.1, -0.05) is 47.1 Å². The minimum Gasteiger partial charge on any atom is -0.339 e. The van der Waals surface area contributed by atoms with Crippen molar-refractivity contribution in [3.05, 3.63) is 70.8 Å². The first-order valence-electron chi connectivity index (χ1n) is 8.66. The molecule has 1 amide bonds. The summed E-state index contributed by atoms with van der Waals surface area (Å²) in [5.41, 5.74) is 1.56. The molecule has 0 saturated carbocycles. The Morgan fingerprint density at radius 1 is 1.26 bits per heavy atom. The van der Waals surface area contributed by atoms with Crippen LogP contribution in [0.3, 0.4) is 0 Å². The molecule has 2 aromatic carbocycles. The topological polar surface area (TPSA) is 59.2 Å². The Morgan fingerprint density at radius 3 is 2.78 bits per heavy atom. The van der Waals surface area contributed by atoms with Crippen molar-refractivity contribution in [1.82, 2.24) is 15.0 Å². The summed E-state index contributed by atoms with van der Waals surface area (Å²) in [6.07, 6.45) is 0.313. The van der Waals surface area contributed by atoms with Gasteiger partial charge in [0.05, 0.1) is 17.0 Å². The van der Waals surface area contributed by atoms with Crippen molar-refractivity contribution in [2.24, 2.45) is 0 Å². The number of halogens is 2. The predicted octanol–water partition coefficient (Wildman–Crippen LogP) is 4.61. The van der Waals surface area contributed by atoms with Crippen molar-refractivity contribution in [2.75, 3.05) is 6.54 Å². The number of benzene rings is 2. The summed E-state index contributed by atoms with van der Waals surface area (Å²) in [4.78, 5) is 18.7. The van der Waals surface area contributed by atoms with E-state index < -0.39 is 5.82 Å². The van der Waals surface area contributed by atoms with Crippen LogP contribution in [0.1, 0.15) is 36.8 Å². The van der Waals surface area contributed by atoms with Crippen LogP contribution in [0.15, 0.2) is 53.1 Å². The summed E-state index contributed by atoms with van der Waals surface area (Å²) in [6, 6.07) is 14.2. The van der Waals surface area contributed by atoms with Crippen molar-refractivity contribution >= 4 is 17.5 Å². The number of likely N-dealkylation sites (tertiary alicyclic amines) is 1. The monoisotopic (exact) mass is 385 g/mol. The van der Waals surface area contributed by atoms with Crippen molar-refractivity contribution < 1.29 is 13.7 Å².